The third kappa shape index (κ3) is 3.29. The van der Waals surface area contributed by atoms with Gasteiger partial charge in [0.15, 0.2) is 0 Å². The summed E-state index contributed by atoms with van der Waals surface area (Å²) in [5, 5.41) is 12.1. The number of halogens is 2. The summed E-state index contributed by atoms with van der Waals surface area (Å²) in [6, 6.07) is 4.27. The van der Waals surface area contributed by atoms with E-state index in [1.54, 1.807) is 6.07 Å². The summed E-state index contributed by atoms with van der Waals surface area (Å²) in [7, 11) is 0. The van der Waals surface area contributed by atoms with Crippen LogP contribution in [0.1, 0.15) is 37.0 Å². The molecule has 5 heteroatoms. The second-order valence-corrected chi connectivity index (χ2v) is 5.14. The number of hydrogen-bond acceptors (Lipinski definition) is 2. The summed E-state index contributed by atoms with van der Waals surface area (Å²) in [5.41, 5.74) is -0.700. The summed E-state index contributed by atoms with van der Waals surface area (Å²) in [6.45, 7) is 3.58. The SMILES string of the molecule is CCC(CC)(CO)NC(=O)c1ccc(Br)cc1F. The Morgan fingerprint density at radius 3 is 2.50 bits per heavy atom. The zero-order chi connectivity index (χ0) is 13.8. The molecule has 0 radical (unpaired) electrons. The average Bonchev–Trinajstić information content (AvgIpc) is 2.36. The fraction of sp³-hybridized carbons (Fsp3) is 0.462. The van der Waals surface area contributed by atoms with Crippen molar-refractivity contribution in [1.29, 1.82) is 0 Å². The standard InChI is InChI=1S/C13H17BrFNO2/c1-3-13(4-2,8-17)16-12(18)10-6-5-9(14)7-11(10)15/h5-7,17H,3-4,8H2,1-2H3,(H,16,18). The number of rotatable bonds is 5. The quantitative estimate of drug-likeness (QED) is 0.877. The van der Waals surface area contributed by atoms with Crippen molar-refractivity contribution in [3.63, 3.8) is 0 Å². The normalized spacial score (nSPS) is 11.4. The van der Waals surface area contributed by atoms with E-state index in [4.69, 9.17) is 0 Å². The molecule has 18 heavy (non-hydrogen) atoms. The Bertz CT molecular complexity index is 425. The molecule has 0 bridgehead atoms. The largest absolute Gasteiger partial charge is 0.394 e. The zero-order valence-electron chi connectivity index (χ0n) is 10.5. The number of aliphatic hydroxyl groups is 1. The molecule has 0 saturated heterocycles. The molecule has 0 saturated carbocycles. The van der Waals surface area contributed by atoms with Crippen LogP contribution in [-0.2, 0) is 0 Å². The van der Waals surface area contributed by atoms with Gasteiger partial charge in [-0.3, -0.25) is 4.79 Å². The van der Waals surface area contributed by atoms with Gasteiger partial charge in [0.05, 0.1) is 17.7 Å². The smallest absolute Gasteiger partial charge is 0.254 e. The molecule has 0 atom stereocenters. The van der Waals surface area contributed by atoms with E-state index in [1.807, 2.05) is 13.8 Å². The minimum absolute atomic E-state index is 0.0158. The van der Waals surface area contributed by atoms with Crippen molar-refractivity contribution >= 4 is 21.8 Å². The maximum atomic E-state index is 13.6. The molecule has 0 unspecified atom stereocenters. The van der Waals surface area contributed by atoms with Crippen molar-refractivity contribution < 1.29 is 14.3 Å². The molecule has 1 rings (SSSR count). The second kappa shape index (κ2) is 6.29. The molecule has 0 fully saturated rings. The zero-order valence-corrected chi connectivity index (χ0v) is 12.1. The van der Waals surface area contributed by atoms with Crippen molar-refractivity contribution in [2.45, 2.75) is 32.2 Å². The van der Waals surface area contributed by atoms with Crippen LogP contribution in [0.25, 0.3) is 0 Å². The first-order valence-corrected chi connectivity index (χ1v) is 6.65. The highest BCUT2D eigenvalue weighted by Gasteiger charge is 2.28. The number of nitrogens with one attached hydrogen (secondary N) is 1. The third-order valence-corrected chi connectivity index (χ3v) is 3.70. The number of hydrogen-bond donors (Lipinski definition) is 2. The Kier molecular flexibility index (Phi) is 5.28. The van der Waals surface area contributed by atoms with Gasteiger partial charge < -0.3 is 10.4 Å². The fourth-order valence-electron chi connectivity index (χ4n) is 1.67. The molecule has 0 spiro atoms. The van der Waals surface area contributed by atoms with Crippen LogP contribution in [0, 0.1) is 5.82 Å². The van der Waals surface area contributed by atoms with E-state index in [0.29, 0.717) is 17.3 Å². The van der Waals surface area contributed by atoms with Crippen molar-refractivity contribution in [2.24, 2.45) is 0 Å². The van der Waals surface area contributed by atoms with E-state index in [1.165, 1.54) is 12.1 Å². The minimum Gasteiger partial charge on any atom is -0.394 e. The van der Waals surface area contributed by atoms with Crippen LogP contribution in [0.4, 0.5) is 4.39 Å². The predicted octanol–water partition coefficient (Wildman–Crippen LogP) is 2.87. The van der Waals surface area contributed by atoms with Gasteiger partial charge >= 0.3 is 0 Å². The van der Waals surface area contributed by atoms with Crippen LogP contribution in [0.3, 0.4) is 0 Å². The minimum atomic E-state index is -0.684. The number of carbonyl (C=O) groups is 1. The summed E-state index contributed by atoms with van der Waals surface area (Å²) < 4.78 is 14.2. The molecule has 0 aromatic heterocycles. The van der Waals surface area contributed by atoms with E-state index < -0.39 is 17.3 Å². The number of benzene rings is 1. The molecule has 0 aliphatic carbocycles. The topological polar surface area (TPSA) is 49.3 Å². The van der Waals surface area contributed by atoms with Crippen molar-refractivity contribution in [1.82, 2.24) is 5.32 Å². The van der Waals surface area contributed by atoms with Gasteiger partial charge in [-0.15, -0.1) is 0 Å². The Balaban J connectivity index is 2.94. The molecule has 0 heterocycles. The Morgan fingerprint density at radius 2 is 2.06 bits per heavy atom. The van der Waals surface area contributed by atoms with Gasteiger partial charge in [0.25, 0.3) is 5.91 Å². The number of carbonyl (C=O) groups excluding carboxylic acids is 1. The van der Waals surface area contributed by atoms with Crippen molar-refractivity contribution in [3.8, 4) is 0 Å². The highest BCUT2D eigenvalue weighted by molar-refractivity contribution is 9.10. The van der Waals surface area contributed by atoms with Crippen molar-refractivity contribution in [3.05, 3.63) is 34.1 Å². The Hall–Kier alpha value is -0.940. The van der Waals surface area contributed by atoms with Crippen LogP contribution in [0.2, 0.25) is 0 Å². The van der Waals surface area contributed by atoms with Gasteiger partial charge in [-0.1, -0.05) is 29.8 Å². The van der Waals surface area contributed by atoms with Crippen LogP contribution >= 0.6 is 15.9 Å². The van der Waals surface area contributed by atoms with Gasteiger partial charge in [-0.2, -0.15) is 0 Å². The van der Waals surface area contributed by atoms with Gasteiger partial charge in [0.1, 0.15) is 5.82 Å². The lowest BCUT2D eigenvalue weighted by Gasteiger charge is -2.30. The summed E-state index contributed by atoms with van der Waals surface area (Å²) in [4.78, 5) is 12.0. The van der Waals surface area contributed by atoms with E-state index in [2.05, 4.69) is 21.2 Å². The lowest BCUT2D eigenvalue weighted by atomic mass is 9.93. The first-order valence-electron chi connectivity index (χ1n) is 5.86. The van der Waals surface area contributed by atoms with Gasteiger partial charge in [-0.05, 0) is 31.0 Å². The monoisotopic (exact) mass is 317 g/mol. The molecule has 1 amide bonds. The molecule has 2 N–H and O–H groups in total. The number of amides is 1. The van der Waals surface area contributed by atoms with E-state index in [-0.39, 0.29) is 12.2 Å². The highest BCUT2D eigenvalue weighted by Crippen LogP contribution is 2.18. The van der Waals surface area contributed by atoms with Gasteiger partial charge in [0.2, 0.25) is 0 Å². The predicted molar refractivity (Wildman–Crippen MR) is 72.0 cm³/mol. The first-order chi connectivity index (χ1) is 8.48. The molecule has 1 aromatic carbocycles. The maximum absolute atomic E-state index is 13.6. The molecule has 100 valence electrons. The van der Waals surface area contributed by atoms with E-state index in [0.717, 1.165) is 0 Å². The third-order valence-electron chi connectivity index (χ3n) is 3.21. The molecule has 1 aromatic rings. The molecule has 3 nitrogen and oxygen atoms in total. The van der Waals surface area contributed by atoms with E-state index >= 15 is 0 Å². The van der Waals surface area contributed by atoms with Gasteiger partial charge in [0, 0.05) is 4.47 Å². The maximum Gasteiger partial charge on any atom is 0.254 e. The number of aliphatic hydroxyl groups excluding tert-OH is 1. The van der Waals surface area contributed by atoms with Crippen LogP contribution in [0.5, 0.6) is 0 Å². The average molecular weight is 318 g/mol. The lowest BCUT2D eigenvalue weighted by molar-refractivity contribution is 0.0814. The molecule has 0 aliphatic rings. The summed E-state index contributed by atoms with van der Waals surface area (Å²) in [6.07, 6.45) is 1.17. The highest BCUT2D eigenvalue weighted by atomic mass is 79.9. The van der Waals surface area contributed by atoms with Crippen LogP contribution in [0.15, 0.2) is 22.7 Å². The Morgan fingerprint density at radius 1 is 1.44 bits per heavy atom. The first kappa shape index (κ1) is 15.1. The summed E-state index contributed by atoms with van der Waals surface area (Å²) >= 11 is 3.14. The van der Waals surface area contributed by atoms with Crippen molar-refractivity contribution in [2.75, 3.05) is 6.61 Å². The lowest BCUT2D eigenvalue weighted by Crippen LogP contribution is -2.50. The molecule has 0 aliphatic heterocycles. The fourth-order valence-corrected chi connectivity index (χ4v) is 2.00. The van der Waals surface area contributed by atoms with Crippen LogP contribution in [-0.4, -0.2) is 23.2 Å². The molecular formula is C13H17BrFNO2. The van der Waals surface area contributed by atoms with E-state index in [9.17, 15) is 14.3 Å². The van der Waals surface area contributed by atoms with Crippen LogP contribution < -0.4 is 5.32 Å². The van der Waals surface area contributed by atoms with Gasteiger partial charge in [-0.25, -0.2) is 4.39 Å². The summed E-state index contributed by atoms with van der Waals surface area (Å²) in [5.74, 6) is -1.08. The second-order valence-electron chi connectivity index (χ2n) is 4.22. The molecular weight excluding hydrogens is 301 g/mol. The Labute approximate surface area is 115 Å².